The Bertz CT molecular complexity index is 287. The van der Waals surface area contributed by atoms with Crippen LogP contribution in [0.3, 0.4) is 0 Å². The van der Waals surface area contributed by atoms with Gasteiger partial charge in [0, 0.05) is 5.97 Å². The molecule has 2 rings (SSSR count). The molecule has 0 amide bonds. The number of hydrogen-bond acceptors (Lipinski definition) is 3. The third kappa shape index (κ3) is 1.42. The largest absolute Gasteiger partial charge is 0.498 e. The van der Waals surface area contributed by atoms with Gasteiger partial charge in [-0.15, -0.1) is 0 Å². The van der Waals surface area contributed by atoms with Gasteiger partial charge in [-0.25, -0.2) is 5.26 Å². The summed E-state index contributed by atoms with van der Waals surface area (Å²) in [5.41, 5.74) is -0.192. The van der Waals surface area contributed by atoms with Gasteiger partial charge in [0.15, 0.2) is 0 Å². The lowest BCUT2D eigenvalue weighted by Gasteiger charge is -2.34. The zero-order chi connectivity index (χ0) is 10.0. The molecule has 2 aliphatic heterocycles. The van der Waals surface area contributed by atoms with Gasteiger partial charge in [0.05, 0.1) is 13.7 Å². The fourth-order valence-electron chi connectivity index (χ4n) is 2.41. The molecule has 0 aromatic heterocycles. The third-order valence-corrected chi connectivity index (χ3v) is 3.27. The molecule has 0 N–H and O–H groups in total. The van der Waals surface area contributed by atoms with Crippen molar-refractivity contribution >= 4 is 6.71 Å². The van der Waals surface area contributed by atoms with Crippen LogP contribution in [-0.4, -0.2) is 26.0 Å². The van der Waals surface area contributed by atoms with Crippen LogP contribution in [0.1, 0.15) is 12.8 Å². The highest BCUT2D eigenvalue weighted by Crippen LogP contribution is 2.41. The Morgan fingerprint density at radius 3 is 2.86 bits per heavy atom. The molecule has 14 heavy (non-hydrogen) atoms. The van der Waals surface area contributed by atoms with Gasteiger partial charge in [0.2, 0.25) is 0 Å². The van der Waals surface area contributed by atoms with E-state index in [-0.39, 0.29) is 12.3 Å². The van der Waals surface area contributed by atoms with Gasteiger partial charge in [0.25, 0.3) is 6.71 Å². The number of rotatable bonds is 1. The number of methoxy groups -OCH3 is 1. The summed E-state index contributed by atoms with van der Waals surface area (Å²) < 4.78 is 11.1. The average molecular weight is 191 g/mol. The van der Waals surface area contributed by atoms with E-state index < -0.39 is 0 Å². The van der Waals surface area contributed by atoms with Gasteiger partial charge in [0.1, 0.15) is 11.4 Å². The van der Waals surface area contributed by atoms with Crippen molar-refractivity contribution in [3.8, 4) is 5.97 Å². The minimum atomic E-state index is -0.192. The molecule has 2 heterocycles. The normalized spacial score (nSPS) is 24.6. The first-order chi connectivity index (χ1) is 6.80. The lowest BCUT2D eigenvalue weighted by Crippen LogP contribution is -2.38. The highest BCUT2D eigenvalue weighted by molar-refractivity contribution is 6.67. The average Bonchev–Trinajstić information content (AvgIpc) is 2.62. The van der Waals surface area contributed by atoms with Gasteiger partial charge < -0.3 is 9.47 Å². The van der Waals surface area contributed by atoms with E-state index in [0.29, 0.717) is 6.61 Å². The zero-order valence-corrected chi connectivity index (χ0v) is 8.45. The number of nitriles is 1. The Kier molecular flexibility index (Phi) is 2.51. The van der Waals surface area contributed by atoms with Crippen LogP contribution in [0.15, 0.2) is 11.8 Å². The molecule has 0 aromatic carbocycles. The van der Waals surface area contributed by atoms with E-state index in [1.54, 1.807) is 7.11 Å². The summed E-state index contributed by atoms with van der Waals surface area (Å²) in [6, 6.07) is 0. The molecule has 0 unspecified atom stereocenters. The molecule has 0 radical (unpaired) electrons. The van der Waals surface area contributed by atoms with E-state index in [1.807, 2.05) is 6.08 Å². The predicted octanol–water partition coefficient (Wildman–Crippen LogP) is 1.64. The van der Waals surface area contributed by atoms with E-state index in [0.717, 1.165) is 31.2 Å². The number of ether oxygens (including phenoxy) is 2. The Morgan fingerprint density at radius 2 is 2.29 bits per heavy atom. The van der Waals surface area contributed by atoms with Crippen molar-refractivity contribution in [2.75, 3.05) is 13.7 Å². The van der Waals surface area contributed by atoms with Crippen LogP contribution < -0.4 is 0 Å². The summed E-state index contributed by atoms with van der Waals surface area (Å²) >= 11 is 0. The van der Waals surface area contributed by atoms with Crippen LogP contribution in [0.2, 0.25) is 12.6 Å². The molecule has 1 spiro atoms. The van der Waals surface area contributed by atoms with E-state index in [1.165, 1.54) is 0 Å². The topological polar surface area (TPSA) is 42.2 Å². The summed E-state index contributed by atoms with van der Waals surface area (Å²) in [6.45, 7) is 0.864. The van der Waals surface area contributed by atoms with Crippen LogP contribution in [0, 0.1) is 11.2 Å². The summed E-state index contributed by atoms with van der Waals surface area (Å²) in [7, 11) is 1.69. The van der Waals surface area contributed by atoms with Gasteiger partial charge in [-0.2, -0.15) is 0 Å². The van der Waals surface area contributed by atoms with Crippen LogP contribution in [-0.2, 0) is 9.47 Å². The first-order valence-corrected chi connectivity index (χ1v) is 5.09. The Balaban J connectivity index is 2.06. The Morgan fingerprint density at radius 1 is 1.57 bits per heavy atom. The molecular formula is C10H14BNO2. The standard InChI is InChI=1S/C10H14BNO2/c1-13-9-2-7-14-10(9)3-5-11(8-12)6-4-10/h2H,3-7H2,1H3. The van der Waals surface area contributed by atoms with E-state index >= 15 is 0 Å². The number of nitrogens with zero attached hydrogens (tertiary/aromatic N) is 1. The van der Waals surface area contributed by atoms with Crippen molar-refractivity contribution in [3.05, 3.63) is 11.8 Å². The van der Waals surface area contributed by atoms with Crippen molar-refractivity contribution in [2.24, 2.45) is 0 Å². The van der Waals surface area contributed by atoms with Gasteiger partial charge in [-0.05, 0) is 18.9 Å². The molecule has 3 nitrogen and oxygen atoms in total. The first-order valence-electron chi connectivity index (χ1n) is 5.09. The maximum Gasteiger partial charge on any atom is 0.268 e. The Labute approximate surface area is 84.8 Å². The molecule has 0 aromatic rings. The van der Waals surface area contributed by atoms with Gasteiger partial charge in [-0.1, -0.05) is 12.6 Å². The minimum Gasteiger partial charge on any atom is -0.498 e. The molecule has 0 atom stereocenters. The van der Waals surface area contributed by atoms with Crippen LogP contribution >= 0.6 is 0 Å². The molecule has 1 saturated heterocycles. The van der Waals surface area contributed by atoms with E-state index in [4.69, 9.17) is 14.7 Å². The second-order valence-electron chi connectivity index (χ2n) is 3.98. The van der Waals surface area contributed by atoms with Gasteiger partial charge in [-0.3, -0.25) is 0 Å². The summed E-state index contributed by atoms with van der Waals surface area (Å²) in [5, 5.41) is 8.81. The monoisotopic (exact) mass is 191 g/mol. The van der Waals surface area contributed by atoms with Crippen LogP contribution in [0.25, 0.3) is 0 Å². The molecule has 2 aliphatic rings. The molecule has 4 heteroatoms. The number of hydrogen-bond donors (Lipinski definition) is 0. The maximum absolute atomic E-state index is 8.81. The van der Waals surface area contributed by atoms with Crippen molar-refractivity contribution in [1.29, 1.82) is 5.26 Å². The maximum atomic E-state index is 8.81. The first kappa shape index (κ1) is 9.60. The summed E-state index contributed by atoms with van der Waals surface area (Å²) in [5.74, 6) is 3.29. The van der Waals surface area contributed by atoms with Crippen molar-refractivity contribution in [2.45, 2.75) is 31.1 Å². The summed E-state index contributed by atoms with van der Waals surface area (Å²) in [6.07, 6.45) is 5.71. The van der Waals surface area contributed by atoms with E-state index in [9.17, 15) is 0 Å². The zero-order valence-electron chi connectivity index (χ0n) is 8.45. The quantitative estimate of drug-likeness (QED) is 0.591. The van der Waals surface area contributed by atoms with Crippen LogP contribution in [0.4, 0.5) is 0 Å². The van der Waals surface area contributed by atoms with Crippen LogP contribution in [0.5, 0.6) is 0 Å². The molecule has 0 bridgehead atoms. The van der Waals surface area contributed by atoms with Crippen molar-refractivity contribution in [3.63, 3.8) is 0 Å². The fourth-order valence-corrected chi connectivity index (χ4v) is 2.41. The highest BCUT2D eigenvalue weighted by Gasteiger charge is 2.44. The molecule has 0 aliphatic carbocycles. The summed E-state index contributed by atoms with van der Waals surface area (Å²) in [4.78, 5) is 0. The SMILES string of the molecule is COC1=CCOC12CCB(C#N)CC2. The predicted molar refractivity (Wildman–Crippen MR) is 54.0 cm³/mol. The van der Waals surface area contributed by atoms with E-state index in [2.05, 4.69) is 5.97 Å². The Hall–Kier alpha value is -0.945. The molecule has 1 fully saturated rings. The molecule has 74 valence electrons. The smallest absolute Gasteiger partial charge is 0.268 e. The van der Waals surface area contributed by atoms with Gasteiger partial charge >= 0.3 is 0 Å². The van der Waals surface area contributed by atoms with Crippen molar-refractivity contribution < 1.29 is 9.47 Å². The second kappa shape index (κ2) is 3.66. The second-order valence-corrected chi connectivity index (χ2v) is 3.98. The lowest BCUT2D eigenvalue weighted by molar-refractivity contribution is -0.0218. The lowest BCUT2D eigenvalue weighted by atomic mass is 9.41. The fraction of sp³-hybridized carbons (Fsp3) is 0.700. The highest BCUT2D eigenvalue weighted by atomic mass is 16.5. The molecule has 0 saturated carbocycles. The third-order valence-electron chi connectivity index (χ3n) is 3.27. The minimum absolute atomic E-state index is 0.192. The van der Waals surface area contributed by atoms with Crippen molar-refractivity contribution in [1.82, 2.24) is 0 Å². The molecular weight excluding hydrogens is 177 g/mol.